The summed E-state index contributed by atoms with van der Waals surface area (Å²) in [6.45, 7) is 3.55. The summed E-state index contributed by atoms with van der Waals surface area (Å²) >= 11 is 0. The van der Waals surface area contributed by atoms with Gasteiger partial charge in [-0.25, -0.2) is 9.59 Å². The van der Waals surface area contributed by atoms with Crippen LogP contribution in [0.2, 0.25) is 0 Å². The van der Waals surface area contributed by atoms with Gasteiger partial charge < -0.3 is 24.5 Å². The normalized spacial score (nSPS) is 11.7. The van der Waals surface area contributed by atoms with Crippen molar-refractivity contribution in [2.24, 2.45) is 0 Å². The summed E-state index contributed by atoms with van der Waals surface area (Å²) in [6.07, 6.45) is 0.274. The third kappa shape index (κ3) is 5.46. The quantitative estimate of drug-likeness (QED) is 0.498. The van der Waals surface area contributed by atoms with E-state index in [1.165, 1.54) is 16.7 Å². The number of hydrogen-bond donors (Lipinski definition) is 2. The van der Waals surface area contributed by atoms with E-state index in [9.17, 15) is 19.5 Å². The Balaban J connectivity index is 1.86. The number of aromatic hydroxyl groups is 1. The van der Waals surface area contributed by atoms with Crippen molar-refractivity contribution >= 4 is 28.7 Å². The zero-order chi connectivity index (χ0) is 23.1. The summed E-state index contributed by atoms with van der Waals surface area (Å²) in [4.78, 5) is 37.8. The Kier molecular flexibility index (Phi) is 7.49. The fraction of sp³-hybridized carbons (Fsp3) is 0.292. The Bertz CT molecular complexity index is 1110. The number of carbonyl (C=O) groups is 3. The van der Waals surface area contributed by atoms with Gasteiger partial charge in [0.2, 0.25) is 5.91 Å². The molecule has 168 valence electrons. The zero-order valence-electron chi connectivity index (χ0n) is 18.0. The largest absolute Gasteiger partial charge is 0.508 e. The molecule has 2 N–H and O–H groups in total. The third-order valence-corrected chi connectivity index (χ3v) is 4.86. The van der Waals surface area contributed by atoms with Gasteiger partial charge in [0.15, 0.2) is 0 Å². The Morgan fingerprint density at radius 3 is 2.41 bits per heavy atom. The number of fused-ring (bicyclic) bond motifs is 1. The van der Waals surface area contributed by atoms with Crippen LogP contribution in [0.4, 0.5) is 0 Å². The summed E-state index contributed by atoms with van der Waals surface area (Å²) in [5.41, 5.74) is 1.63. The number of benzene rings is 2. The van der Waals surface area contributed by atoms with Crippen molar-refractivity contribution in [2.75, 3.05) is 13.2 Å². The first-order chi connectivity index (χ1) is 15.4. The number of nitrogens with zero attached hydrogens (tertiary/aromatic N) is 1. The van der Waals surface area contributed by atoms with Gasteiger partial charge in [-0.2, -0.15) is 0 Å². The number of carbonyl (C=O) groups excluding carboxylic acids is 3. The van der Waals surface area contributed by atoms with Crippen molar-refractivity contribution in [3.8, 4) is 5.75 Å². The molecule has 1 aromatic heterocycles. The van der Waals surface area contributed by atoms with E-state index in [4.69, 9.17) is 9.47 Å². The molecular weight excluding hydrogens is 412 g/mol. The first kappa shape index (κ1) is 22.9. The second-order valence-electron chi connectivity index (χ2n) is 7.14. The van der Waals surface area contributed by atoms with Crippen LogP contribution in [0.5, 0.6) is 5.75 Å². The lowest BCUT2D eigenvalue weighted by Gasteiger charge is -2.18. The first-order valence-electron chi connectivity index (χ1n) is 10.4. The molecule has 0 saturated heterocycles. The summed E-state index contributed by atoms with van der Waals surface area (Å²) in [5, 5.41) is 13.1. The van der Waals surface area contributed by atoms with Crippen molar-refractivity contribution in [3.05, 3.63) is 65.9 Å². The van der Waals surface area contributed by atoms with Gasteiger partial charge in [0.1, 0.15) is 24.0 Å². The van der Waals surface area contributed by atoms with Crippen molar-refractivity contribution in [1.82, 2.24) is 9.88 Å². The molecule has 0 aliphatic rings. The molecule has 32 heavy (non-hydrogen) atoms. The number of esters is 2. The standard InChI is InChI=1S/C24H26N2O6/c1-3-31-23(29)19(12-16-8-6-5-7-9-16)25-22(28)15-26-20-11-10-18(27)13-17(20)14-21(26)24(30)32-4-2/h5-11,13-14,19,27H,3-4,12,15H2,1-2H3,(H,25,28)/t19-/m0/s1. The highest BCUT2D eigenvalue weighted by atomic mass is 16.5. The van der Waals surface area contributed by atoms with E-state index in [2.05, 4.69) is 5.32 Å². The highest BCUT2D eigenvalue weighted by molar-refractivity contribution is 5.97. The van der Waals surface area contributed by atoms with Crippen LogP contribution in [-0.2, 0) is 32.0 Å². The van der Waals surface area contributed by atoms with E-state index in [-0.39, 0.29) is 37.6 Å². The number of nitrogens with one attached hydrogen (secondary N) is 1. The van der Waals surface area contributed by atoms with Crippen LogP contribution in [0.1, 0.15) is 29.9 Å². The van der Waals surface area contributed by atoms with E-state index < -0.39 is 23.9 Å². The van der Waals surface area contributed by atoms with Crippen LogP contribution >= 0.6 is 0 Å². The summed E-state index contributed by atoms with van der Waals surface area (Å²) in [5.74, 6) is -1.53. The summed E-state index contributed by atoms with van der Waals surface area (Å²) < 4.78 is 11.7. The molecule has 0 unspecified atom stereocenters. The molecule has 1 amide bonds. The average Bonchev–Trinajstić information content (AvgIpc) is 3.11. The van der Waals surface area contributed by atoms with E-state index >= 15 is 0 Å². The molecule has 0 saturated carbocycles. The van der Waals surface area contributed by atoms with Gasteiger partial charge in [0.25, 0.3) is 0 Å². The molecule has 0 spiro atoms. The van der Waals surface area contributed by atoms with Crippen molar-refractivity contribution in [2.45, 2.75) is 32.9 Å². The second kappa shape index (κ2) is 10.5. The van der Waals surface area contributed by atoms with Gasteiger partial charge in [-0.3, -0.25) is 4.79 Å². The first-order valence-corrected chi connectivity index (χ1v) is 10.4. The topological polar surface area (TPSA) is 107 Å². The minimum atomic E-state index is -0.873. The third-order valence-electron chi connectivity index (χ3n) is 4.86. The zero-order valence-corrected chi connectivity index (χ0v) is 18.0. The highest BCUT2D eigenvalue weighted by Crippen LogP contribution is 2.24. The van der Waals surface area contributed by atoms with Crippen LogP contribution in [0.15, 0.2) is 54.6 Å². The maximum absolute atomic E-state index is 12.9. The van der Waals surface area contributed by atoms with E-state index in [1.54, 1.807) is 26.0 Å². The van der Waals surface area contributed by atoms with Crippen molar-refractivity contribution < 1.29 is 29.0 Å². The molecule has 0 aliphatic heterocycles. The molecule has 3 aromatic rings. The maximum Gasteiger partial charge on any atom is 0.354 e. The minimum Gasteiger partial charge on any atom is -0.508 e. The predicted molar refractivity (Wildman–Crippen MR) is 118 cm³/mol. The lowest BCUT2D eigenvalue weighted by Crippen LogP contribution is -2.44. The number of phenolic OH excluding ortho intramolecular Hbond substituents is 1. The molecule has 8 nitrogen and oxygen atoms in total. The SMILES string of the molecule is CCOC(=O)c1cc2cc(O)ccc2n1CC(=O)N[C@@H](Cc1ccccc1)C(=O)OCC. The lowest BCUT2D eigenvalue weighted by molar-refractivity contribution is -0.147. The maximum atomic E-state index is 12.9. The summed E-state index contributed by atoms with van der Waals surface area (Å²) in [6, 6.07) is 14.6. The minimum absolute atomic E-state index is 0.0414. The van der Waals surface area contributed by atoms with E-state index in [1.807, 2.05) is 30.3 Å². The number of hydrogen-bond acceptors (Lipinski definition) is 6. The molecule has 0 bridgehead atoms. The van der Waals surface area contributed by atoms with Gasteiger partial charge in [-0.05, 0) is 43.7 Å². The second-order valence-corrected chi connectivity index (χ2v) is 7.14. The molecule has 0 fully saturated rings. The fourth-order valence-electron chi connectivity index (χ4n) is 3.47. The van der Waals surface area contributed by atoms with E-state index in [0.717, 1.165) is 5.56 Å². The monoisotopic (exact) mass is 438 g/mol. The van der Waals surface area contributed by atoms with Gasteiger partial charge in [0, 0.05) is 17.3 Å². The van der Waals surface area contributed by atoms with Gasteiger partial charge in [-0.15, -0.1) is 0 Å². The Labute approximate surface area is 185 Å². The molecule has 3 rings (SSSR count). The molecule has 1 atom stereocenters. The number of aromatic nitrogens is 1. The highest BCUT2D eigenvalue weighted by Gasteiger charge is 2.24. The van der Waals surface area contributed by atoms with Crippen LogP contribution in [0.3, 0.4) is 0 Å². The Morgan fingerprint density at radius 2 is 1.72 bits per heavy atom. The van der Waals surface area contributed by atoms with E-state index in [0.29, 0.717) is 10.9 Å². The number of rotatable bonds is 9. The van der Waals surface area contributed by atoms with Crippen LogP contribution in [0.25, 0.3) is 10.9 Å². The number of ether oxygens (including phenoxy) is 2. The van der Waals surface area contributed by atoms with Crippen molar-refractivity contribution in [3.63, 3.8) is 0 Å². The van der Waals surface area contributed by atoms with Gasteiger partial charge in [-0.1, -0.05) is 30.3 Å². The van der Waals surface area contributed by atoms with Crippen LogP contribution in [0, 0.1) is 0 Å². The fourth-order valence-corrected chi connectivity index (χ4v) is 3.47. The Morgan fingerprint density at radius 1 is 1.00 bits per heavy atom. The van der Waals surface area contributed by atoms with Crippen LogP contribution < -0.4 is 5.32 Å². The van der Waals surface area contributed by atoms with Crippen molar-refractivity contribution in [1.29, 1.82) is 0 Å². The predicted octanol–water partition coefficient (Wildman–Crippen LogP) is 2.81. The molecule has 0 aliphatic carbocycles. The number of phenols is 1. The molecule has 0 radical (unpaired) electrons. The Hall–Kier alpha value is -3.81. The molecule has 8 heteroatoms. The molecule has 2 aromatic carbocycles. The van der Waals surface area contributed by atoms with Gasteiger partial charge >= 0.3 is 11.9 Å². The van der Waals surface area contributed by atoms with Gasteiger partial charge in [0.05, 0.1) is 13.2 Å². The summed E-state index contributed by atoms with van der Waals surface area (Å²) in [7, 11) is 0. The molecule has 1 heterocycles. The number of amides is 1. The molecular formula is C24H26N2O6. The lowest BCUT2D eigenvalue weighted by atomic mass is 10.1. The smallest absolute Gasteiger partial charge is 0.354 e. The average molecular weight is 438 g/mol. The van der Waals surface area contributed by atoms with Crippen LogP contribution in [-0.4, -0.2) is 46.8 Å².